The van der Waals surface area contributed by atoms with Gasteiger partial charge in [-0.25, -0.2) is 0 Å². The summed E-state index contributed by atoms with van der Waals surface area (Å²) in [5.74, 6) is -0.638. The summed E-state index contributed by atoms with van der Waals surface area (Å²) in [5.41, 5.74) is 3.92. The van der Waals surface area contributed by atoms with E-state index in [2.05, 4.69) is 0 Å². The molecule has 1 atom stereocenters. The Hall–Kier alpha value is -1.08. The van der Waals surface area contributed by atoms with Crippen LogP contribution >= 0.6 is 0 Å². The minimum Gasteiger partial charge on any atom is -0.396 e. The molecule has 1 amide bonds. The smallest absolute Gasteiger partial charge is 0.237 e. The van der Waals surface area contributed by atoms with Crippen LogP contribution in [0.25, 0.3) is 0 Å². The van der Waals surface area contributed by atoms with E-state index in [1.54, 1.807) is 0 Å². The van der Waals surface area contributed by atoms with E-state index in [9.17, 15) is 4.79 Å². The number of carbonyl (C=O) groups excluding carboxylic acids is 1. The Kier molecular flexibility index (Phi) is 4.30. The van der Waals surface area contributed by atoms with E-state index in [0.29, 0.717) is 12.8 Å². The SMILES string of the molecule is CCCC(C#N)(CCO)C(N)=O. The summed E-state index contributed by atoms with van der Waals surface area (Å²) in [6.07, 6.45) is 1.25. The number of carbonyl (C=O) groups is 1. The van der Waals surface area contributed by atoms with Crippen molar-refractivity contribution in [1.29, 1.82) is 5.26 Å². The van der Waals surface area contributed by atoms with Crippen molar-refractivity contribution in [3.8, 4) is 6.07 Å². The number of aliphatic hydroxyl groups excluding tert-OH is 1. The molecule has 0 spiro atoms. The third-order valence-corrected chi connectivity index (χ3v) is 1.90. The summed E-state index contributed by atoms with van der Waals surface area (Å²) in [7, 11) is 0. The van der Waals surface area contributed by atoms with Crippen molar-refractivity contribution in [2.24, 2.45) is 11.1 Å². The molecule has 0 heterocycles. The zero-order chi connectivity index (χ0) is 9.61. The standard InChI is InChI=1S/C8H14N2O2/c1-2-3-8(6-9,4-5-11)7(10)12/h11H,2-5H2,1H3,(H2,10,12). The summed E-state index contributed by atoms with van der Waals surface area (Å²) in [6.45, 7) is 1.68. The molecule has 0 saturated carbocycles. The molecule has 0 aliphatic rings. The second-order valence-corrected chi connectivity index (χ2v) is 2.78. The molecule has 0 aromatic carbocycles. The van der Waals surface area contributed by atoms with Crippen LogP contribution in [-0.4, -0.2) is 17.6 Å². The maximum Gasteiger partial charge on any atom is 0.237 e. The van der Waals surface area contributed by atoms with Crippen LogP contribution < -0.4 is 5.73 Å². The van der Waals surface area contributed by atoms with Gasteiger partial charge in [0.05, 0.1) is 6.07 Å². The molecule has 0 saturated heterocycles. The van der Waals surface area contributed by atoms with Crippen LogP contribution in [-0.2, 0) is 4.79 Å². The molecule has 12 heavy (non-hydrogen) atoms. The fourth-order valence-corrected chi connectivity index (χ4v) is 1.16. The molecular formula is C8H14N2O2. The zero-order valence-electron chi connectivity index (χ0n) is 7.21. The van der Waals surface area contributed by atoms with Crippen molar-refractivity contribution < 1.29 is 9.90 Å². The van der Waals surface area contributed by atoms with Crippen molar-refractivity contribution in [3.63, 3.8) is 0 Å². The summed E-state index contributed by atoms with van der Waals surface area (Å²) >= 11 is 0. The van der Waals surface area contributed by atoms with E-state index < -0.39 is 11.3 Å². The molecule has 0 aliphatic carbocycles. The zero-order valence-corrected chi connectivity index (χ0v) is 7.21. The lowest BCUT2D eigenvalue weighted by Gasteiger charge is -2.20. The number of aliphatic hydroxyl groups is 1. The fourth-order valence-electron chi connectivity index (χ4n) is 1.16. The lowest BCUT2D eigenvalue weighted by molar-refractivity contribution is -0.125. The Labute approximate surface area is 72.0 Å². The van der Waals surface area contributed by atoms with E-state index in [1.165, 1.54) is 0 Å². The van der Waals surface area contributed by atoms with Gasteiger partial charge in [-0.1, -0.05) is 13.3 Å². The fraction of sp³-hybridized carbons (Fsp3) is 0.750. The predicted octanol–water partition coefficient (Wildman–Crippen LogP) is 0.164. The molecule has 4 nitrogen and oxygen atoms in total. The van der Waals surface area contributed by atoms with Crippen molar-refractivity contribution in [1.82, 2.24) is 0 Å². The van der Waals surface area contributed by atoms with Crippen LogP contribution in [0, 0.1) is 16.7 Å². The molecule has 68 valence electrons. The van der Waals surface area contributed by atoms with Crippen LogP contribution in [0.4, 0.5) is 0 Å². The minimum absolute atomic E-state index is 0.132. The molecule has 0 radical (unpaired) electrons. The van der Waals surface area contributed by atoms with Crippen molar-refractivity contribution >= 4 is 5.91 Å². The number of primary amides is 1. The molecule has 0 aromatic rings. The Bertz CT molecular complexity index is 190. The Morgan fingerprint density at radius 1 is 1.67 bits per heavy atom. The molecule has 0 bridgehead atoms. The van der Waals surface area contributed by atoms with Gasteiger partial charge in [-0.2, -0.15) is 5.26 Å². The first kappa shape index (κ1) is 10.9. The van der Waals surface area contributed by atoms with Gasteiger partial charge >= 0.3 is 0 Å². The third-order valence-electron chi connectivity index (χ3n) is 1.90. The average molecular weight is 170 g/mol. The molecule has 3 N–H and O–H groups in total. The first-order valence-corrected chi connectivity index (χ1v) is 3.95. The number of nitrogens with zero attached hydrogens (tertiary/aromatic N) is 1. The first-order valence-electron chi connectivity index (χ1n) is 3.95. The molecular weight excluding hydrogens is 156 g/mol. The number of hydrogen-bond acceptors (Lipinski definition) is 3. The highest BCUT2D eigenvalue weighted by Gasteiger charge is 2.35. The largest absolute Gasteiger partial charge is 0.396 e. The highest BCUT2D eigenvalue weighted by atomic mass is 16.3. The number of hydrogen-bond donors (Lipinski definition) is 2. The summed E-state index contributed by atoms with van der Waals surface area (Å²) in [5, 5.41) is 17.4. The Morgan fingerprint density at radius 3 is 2.50 bits per heavy atom. The van der Waals surface area contributed by atoms with Gasteiger partial charge in [0.1, 0.15) is 5.41 Å². The predicted molar refractivity (Wildman–Crippen MR) is 43.9 cm³/mol. The van der Waals surface area contributed by atoms with Gasteiger partial charge in [-0.15, -0.1) is 0 Å². The molecule has 4 heteroatoms. The highest BCUT2D eigenvalue weighted by Crippen LogP contribution is 2.26. The van der Waals surface area contributed by atoms with E-state index >= 15 is 0 Å². The van der Waals surface area contributed by atoms with Gasteiger partial charge in [0.25, 0.3) is 0 Å². The van der Waals surface area contributed by atoms with E-state index in [0.717, 1.165) is 0 Å². The number of rotatable bonds is 5. The first-order chi connectivity index (χ1) is 5.63. The Balaban J connectivity index is 4.54. The van der Waals surface area contributed by atoms with Gasteiger partial charge in [0.2, 0.25) is 5.91 Å². The van der Waals surface area contributed by atoms with Crippen LogP contribution in [0.15, 0.2) is 0 Å². The summed E-state index contributed by atoms with van der Waals surface area (Å²) < 4.78 is 0. The molecule has 0 aliphatic heterocycles. The lowest BCUT2D eigenvalue weighted by Crippen LogP contribution is -2.36. The lowest BCUT2D eigenvalue weighted by atomic mass is 9.81. The quantitative estimate of drug-likeness (QED) is 0.616. The molecule has 0 aromatic heterocycles. The number of amides is 1. The van der Waals surface area contributed by atoms with Gasteiger partial charge in [0.15, 0.2) is 0 Å². The van der Waals surface area contributed by atoms with Crippen LogP contribution in [0.5, 0.6) is 0 Å². The van der Waals surface area contributed by atoms with Crippen molar-refractivity contribution in [2.75, 3.05) is 6.61 Å². The topological polar surface area (TPSA) is 87.1 Å². The highest BCUT2D eigenvalue weighted by molar-refractivity contribution is 5.83. The Morgan fingerprint density at radius 2 is 2.25 bits per heavy atom. The minimum atomic E-state index is -1.16. The van der Waals surface area contributed by atoms with Gasteiger partial charge in [-0.3, -0.25) is 4.79 Å². The van der Waals surface area contributed by atoms with Crippen LogP contribution in [0.2, 0.25) is 0 Å². The normalized spacial score (nSPS) is 14.8. The van der Waals surface area contributed by atoms with E-state index in [4.69, 9.17) is 16.1 Å². The average Bonchev–Trinajstić information content (AvgIpc) is 2.03. The van der Waals surface area contributed by atoms with Crippen molar-refractivity contribution in [3.05, 3.63) is 0 Å². The van der Waals surface area contributed by atoms with Crippen LogP contribution in [0.1, 0.15) is 26.2 Å². The number of nitrogens with two attached hydrogens (primary N) is 1. The molecule has 0 rings (SSSR count). The van der Waals surface area contributed by atoms with Gasteiger partial charge < -0.3 is 10.8 Å². The number of nitriles is 1. The van der Waals surface area contributed by atoms with Gasteiger partial charge in [-0.05, 0) is 12.8 Å². The summed E-state index contributed by atoms with van der Waals surface area (Å²) in [4.78, 5) is 10.9. The van der Waals surface area contributed by atoms with Crippen molar-refractivity contribution in [2.45, 2.75) is 26.2 Å². The molecule has 1 unspecified atom stereocenters. The maximum atomic E-state index is 10.9. The monoisotopic (exact) mass is 170 g/mol. The summed E-state index contributed by atoms with van der Waals surface area (Å²) in [6, 6.07) is 1.88. The third kappa shape index (κ3) is 2.21. The van der Waals surface area contributed by atoms with Crippen LogP contribution in [0.3, 0.4) is 0 Å². The maximum absolute atomic E-state index is 10.9. The van der Waals surface area contributed by atoms with E-state index in [-0.39, 0.29) is 13.0 Å². The second kappa shape index (κ2) is 4.73. The van der Waals surface area contributed by atoms with E-state index in [1.807, 2.05) is 13.0 Å². The second-order valence-electron chi connectivity index (χ2n) is 2.78. The van der Waals surface area contributed by atoms with Gasteiger partial charge in [0, 0.05) is 6.61 Å². The molecule has 0 fully saturated rings.